The minimum atomic E-state index is -0.556. The molecule has 0 aromatic carbocycles. The second-order valence-corrected chi connectivity index (χ2v) is 2.32. The molecule has 4 heteroatoms. The molecule has 48 valence electrons. The molecule has 8 heavy (non-hydrogen) atoms. The molecule has 0 amide bonds. The van der Waals surface area contributed by atoms with Gasteiger partial charge in [-0.05, 0) is 0 Å². The number of rotatable bonds is 2. The number of esters is 1. The summed E-state index contributed by atoms with van der Waals surface area (Å²) in [5.74, 6) is -0.399. The highest BCUT2D eigenvalue weighted by molar-refractivity contribution is 9.09. The van der Waals surface area contributed by atoms with Gasteiger partial charge >= 0.3 is 5.97 Å². The number of halogens is 2. The Labute approximate surface area is 61.3 Å². The summed E-state index contributed by atoms with van der Waals surface area (Å²) in [6.45, 7) is 0. The molecule has 0 heterocycles. The summed E-state index contributed by atoms with van der Waals surface area (Å²) in [5, 5.41) is -0.124. The highest BCUT2D eigenvalue weighted by atomic mass is 79.9. The van der Waals surface area contributed by atoms with Crippen LogP contribution in [-0.2, 0) is 9.53 Å². The average molecular weight is 201 g/mol. The maximum atomic E-state index is 10.4. The molecular formula is C4H6BrClO2. The first-order valence-corrected chi connectivity index (χ1v) is 3.56. The van der Waals surface area contributed by atoms with Gasteiger partial charge in [-0.15, -0.1) is 11.6 Å². The summed E-state index contributed by atoms with van der Waals surface area (Å²) in [6.07, 6.45) is 0. The normalized spacial score (nSPS) is 12.9. The number of ether oxygens (including phenoxy) is 1. The molecule has 1 atom stereocenters. The van der Waals surface area contributed by atoms with Gasteiger partial charge < -0.3 is 4.74 Å². The van der Waals surface area contributed by atoms with Gasteiger partial charge in [0.05, 0.1) is 7.11 Å². The third-order valence-corrected chi connectivity index (χ3v) is 1.95. The fourth-order valence-corrected chi connectivity index (χ4v) is 0.544. The molecule has 0 aliphatic heterocycles. The maximum Gasteiger partial charge on any atom is 0.324 e. The Kier molecular flexibility index (Phi) is 4.28. The van der Waals surface area contributed by atoms with E-state index in [1.807, 2.05) is 0 Å². The van der Waals surface area contributed by atoms with Crippen molar-refractivity contribution in [3.63, 3.8) is 0 Å². The summed E-state index contributed by atoms with van der Waals surface area (Å²) in [5.41, 5.74) is 0. The fourth-order valence-electron chi connectivity index (χ4n) is 0.191. The van der Waals surface area contributed by atoms with E-state index in [-0.39, 0.29) is 0 Å². The Bertz CT molecular complexity index is 86.1. The lowest BCUT2D eigenvalue weighted by atomic mass is 10.5. The zero-order valence-corrected chi connectivity index (χ0v) is 6.70. The highest BCUT2D eigenvalue weighted by Crippen LogP contribution is 2.01. The lowest BCUT2D eigenvalue weighted by Crippen LogP contribution is -2.16. The Morgan fingerprint density at radius 2 is 2.50 bits per heavy atom. The van der Waals surface area contributed by atoms with Crippen LogP contribution in [0, 0.1) is 0 Å². The summed E-state index contributed by atoms with van der Waals surface area (Å²) >= 11 is 8.42. The zero-order valence-electron chi connectivity index (χ0n) is 4.36. The fraction of sp³-hybridized carbons (Fsp3) is 0.750. The van der Waals surface area contributed by atoms with E-state index < -0.39 is 11.3 Å². The molecule has 0 saturated heterocycles. The molecule has 0 radical (unpaired) electrons. The molecule has 0 aromatic heterocycles. The van der Waals surface area contributed by atoms with E-state index in [2.05, 4.69) is 20.7 Å². The van der Waals surface area contributed by atoms with Crippen LogP contribution in [0.2, 0.25) is 0 Å². The third kappa shape index (κ3) is 2.52. The lowest BCUT2D eigenvalue weighted by Gasteiger charge is -1.99. The minimum Gasteiger partial charge on any atom is -0.468 e. The number of hydrogen-bond donors (Lipinski definition) is 0. The SMILES string of the molecule is COC(=O)C(Cl)CBr. The Morgan fingerprint density at radius 3 is 2.62 bits per heavy atom. The molecule has 0 N–H and O–H groups in total. The van der Waals surface area contributed by atoms with Gasteiger partial charge in [0.2, 0.25) is 0 Å². The molecule has 0 rings (SSSR count). The second kappa shape index (κ2) is 4.15. The summed E-state index contributed by atoms with van der Waals surface area (Å²) in [6, 6.07) is 0. The van der Waals surface area contributed by atoms with E-state index in [4.69, 9.17) is 11.6 Å². The Morgan fingerprint density at radius 1 is 2.00 bits per heavy atom. The molecule has 0 aromatic rings. The van der Waals surface area contributed by atoms with Crippen molar-refractivity contribution in [1.82, 2.24) is 0 Å². The molecule has 2 nitrogen and oxygen atoms in total. The highest BCUT2D eigenvalue weighted by Gasteiger charge is 2.12. The van der Waals surface area contributed by atoms with Crippen LogP contribution in [0.3, 0.4) is 0 Å². The van der Waals surface area contributed by atoms with Gasteiger partial charge in [-0.2, -0.15) is 0 Å². The Hall–Kier alpha value is 0.240. The first-order valence-electron chi connectivity index (χ1n) is 2.00. The largest absolute Gasteiger partial charge is 0.468 e. The molecule has 1 unspecified atom stereocenters. The number of hydrogen-bond acceptors (Lipinski definition) is 2. The minimum absolute atomic E-state index is 0.399. The lowest BCUT2D eigenvalue weighted by molar-refractivity contribution is -0.139. The van der Waals surface area contributed by atoms with Crippen LogP contribution in [-0.4, -0.2) is 23.8 Å². The zero-order chi connectivity index (χ0) is 6.57. The van der Waals surface area contributed by atoms with Gasteiger partial charge in [-0.25, -0.2) is 0 Å². The maximum absolute atomic E-state index is 10.4. The van der Waals surface area contributed by atoms with E-state index in [9.17, 15) is 4.79 Å². The molecule has 0 bridgehead atoms. The predicted octanol–water partition coefficient (Wildman–Crippen LogP) is 1.16. The van der Waals surface area contributed by atoms with Gasteiger partial charge in [0.1, 0.15) is 5.38 Å². The molecule has 0 aliphatic rings. The van der Waals surface area contributed by atoms with Crippen molar-refractivity contribution in [2.24, 2.45) is 0 Å². The predicted molar refractivity (Wildman–Crippen MR) is 35.5 cm³/mol. The molecular weight excluding hydrogens is 195 g/mol. The van der Waals surface area contributed by atoms with Crippen LogP contribution in [0.4, 0.5) is 0 Å². The van der Waals surface area contributed by atoms with Gasteiger partial charge in [0.15, 0.2) is 0 Å². The van der Waals surface area contributed by atoms with Gasteiger partial charge in [0.25, 0.3) is 0 Å². The van der Waals surface area contributed by atoms with Crippen LogP contribution < -0.4 is 0 Å². The van der Waals surface area contributed by atoms with E-state index in [1.165, 1.54) is 7.11 Å². The molecule has 0 saturated carbocycles. The smallest absolute Gasteiger partial charge is 0.324 e. The molecule has 0 fully saturated rings. The topological polar surface area (TPSA) is 26.3 Å². The van der Waals surface area contributed by atoms with E-state index in [0.29, 0.717) is 5.33 Å². The van der Waals surface area contributed by atoms with Crippen LogP contribution >= 0.6 is 27.5 Å². The number of carbonyl (C=O) groups excluding carboxylic acids is 1. The molecule has 0 spiro atoms. The third-order valence-electron chi connectivity index (χ3n) is 0.592. The van der Waals surface area contributed by atoms with E-state index in [1.54, 1.807) is 0 Å². The van der Waals surface area contributed by atoms with Crippen molar-refractivity contribution in [3.8, 4) is 0 Å². The Balaban J connectivity index is 3.46. The number of methoxy groups -OCH3 is 1. The summed E-state index contributed by atoms with van der Waals surface area (Å²) in [7, 11) is 1.31. The van der Waals surface area contributed by atoms with Crippen molar-refractivity contribution < 1.29 is 9.53 Å². The molecule has 0 aliphatic carbocycles. The van der Waals surface area contributed by atoms with Crippen LogP contribution in [0.25, 0.3) is 0 Å². The average Bonchev–Trinajstić information content (AvgIpc) is 1.84. The standard InChI is InChI=1S/C4H6BrClO2/c1-8-4(7)3(6)2-5/h3H,2H2,1H3. The summed E-state index contributed by atoms with van der Waals surface area (Å²) in [4.78, 5) is 10.4. The van der Waals surface area contributed by atoms with Crippen molar-refractivity contribution in [1.29, 1.82) is 0 Å². The van der Waals surface area contributed by atoms with Crippen molar-refractivity contribution in [2.45, 2.75) is 5.38 Å². The van der Waals surface area contributed by atoms with E-state index in [0.717, 1.165) is 0 Å². The second-order valence-electron chi connectivity index (χ2n) is 1.14. The number of alkyl halides is 2. The van der Waals surface area contributed by atoms with Crippen molar-refractivity contribution >= 4 is 33.5 Å². The van der Waals surface area contributed by atoms with Crippen LogP contribution in [0.1, 0.15) is 0 Å². The van der Waals surface area contributed by atoms with E-state index >= 15 is 0 Å². The van der Waals surface area contributed by atoms with Gasteiger partial charge in [-0.3, -0.25) is 4.79 Å². The van der Waals surface area contributed by atoms with Crippen molar-refractivity contribution in [3.05, 3.63) is 0 Å². The first kappa shape index (κ1) is 8.24. The monoisotopic (exact) mass is 200 g/mol. The van der Waals surface area contributed by atoms with Gasteiger partial charge in [0, 0.05) is 5.33 Å². The quantitative estimate of drug-likeness (QED) is 0.495. The van der Waals surface area contributed by atoms with Crippen LogP contribution in [0.15, 0.2) is 0 Å². The summed E-state index contributed by atoms with van der Waals surface area (Å²) < 4.78 is 4.30. The number of carbonyl (C=O) groups is 1. The van der Waals surface area contributed by atoms with Gasteiger partial charge in [-0.1, -0.05) is 15.9 Å². The van der Waals surface area contributed by atoms with Crippen molar-refractivity contribution in [2.75, 3.05) is 12.4 Å². The van der Waals surface area contributed by atoms with Crippen LogP contribution in [0.5, 0.6) is 0 Å². The first-order chi connectivity index (χ1) is 3.72.